The zero-order valence-corrected chi connectivity index (χ0v) is 35.4. The molecule has 0 aliphatic rings. The van der Waals surface area contributed by atoms with Gasteiger partial charge in [-0.3, -0.25) is 0 Å². The minimum Gasteiger partial charge on any atom is -0.500 e. The van der Waals surface area contributed by atoms with Crippen LogP contribution in [-0.4, -0.2) is 18.0 Å². The summed E-state index contributed by atoms with van der Waals surface area (Å²) in [5, 5.41) is 3.37. The van der Waals surface area contributed by atoms with Gasteiger partial charge in [0.05, 0.1) is 13.7 Å². The Morgan fingerprint density at radius 2 is 1.52 bits per heavy atom. The number of hydrogen-bond acceptors (Lipinski definition) is 3. The molecule has 5 heteroatoms. The van der Waals surface area contributed by atoms with Crippen LogP contribution in [0.25, 0.3) is 55.6 Å². The smallest absolute Gasteiger partial charge is 0.124 e. The Kier molecular flexibility index (Phi) is 11.0. The first kappa shape index (κ1) is 36.2. The largest absolute Gasteiger partial charge is 0.500 e. The SMILES string of the molecule is CC(C)(C)c1cc[c-]c(-c2ccc([Si](C)(C)C)cn2)c1.[2H]C(C)(C)c1ccnc(-c2[c-]cc(-c3ccccc3)c3c2oc2c(C([2H])(C)C)cccc23)c1.[Ir]. The van der Waals surface area contributed by atoms with Gasteiger partial charge >= 0.3 is 0 Å². The van der Waals surface area contributed by atoms with Crippen molar-refractivity contribution < 1.29 is 27.3 Å². The van der Waals surface area contributed by atoms with E-state index < -0.39 is 19.9 Å². The quantitative estimate of drug-likeness (QED) is 0.123. The van der Waals surface area contributed by atoms with E-state index in [2.05, 4.69) is 105 Å². The normalized spacial score (nSPS) is 12.8. The molecule has 0 saturated carbocycles. The first-order valence-corrected chi connectivity index (χ1v) is 21.2. The zero-order chi connectivity index (χ0) is 38.3. The van der Waals surface area contributed by atoms with E-state index in [4.69, 9.17) is 7.16 Å². The third-order valence-corrected chi connectivity index (χ3v) is 11.4. The fraction of sp³-hybridized carbons (Fsp3) is 0.277. The van der Waals surface area contributed by atoms with Crippen LogP contribution in [0.4, 0.5) is 0 Å². The molecule has 269 valence electrons. The number of benzene rings is 4. The average Bonchev–Trinajstić information content (AvgIpc) is 3.50. The number of para-hydroxylation sites is 1. The van der Waals surface area contributed by atoms with Gasteiger partial charge in [-0.2, -0.15) is 0 Å². The van der Waals surface area contributed by atoms with Crippen LogP contribution in [0.1, 0.15) is 79.7 Å². The van der Waals surface area contributed by atoms with E-state index in [9.17, 15) is 0 Å². The van der Waals surface area contributed by atoms with Gasteiger partial charge in [-0.05, 0) is 50.8 Å². The van der Waals surface area contributed by atoms with Crippen LogP contribution < -0.4 is 5.19 Å². The number of furan rings is 1. The van der Waals surface area contributed by atoms with Gasteiger partial charge in [0.15, 0.2) is 0 Å². The Bertz CT molecular complexity index is 2380. The van der Waals surface area contributed by atoms with Crippen molar-refractivity contribution in [1.29, 1.82) is 0 Å². The summed E-state index contributed by atoms with van der Waals surface area (Å²) in [6.07, 6.45) is 3.78. The third kappa shape index (κ3) is 8.39. The zero-order valence-electron chi connectivity index (χ0n) is 34.0. The second kappa shape index (κ2) is 15.8. The Hall–Kier alpha value is -4.15. The van der Waals surface area contributed by atoms with Gasteiger partial charge in [-0.25, -0.2) is 0 Å². The van der Waals surface area contributed by atoms with Crippen LogP contribution in [0.2, 0.25) is 19.6 Å². The number of rotatable bonds is 6. The Morgan fingerprint density at radius 1 is 0.769 bits per heavy atom. The number of hydrogen-bond donors (Lipinski definition) is 0. The van der Waals surface area contributed by atoms with Crippen molar-refractivity contribution in [2.45, 2.75) is 85.3 Å². The molecule has 0 saturated heterocycles. The van der Waals surface area contributed by atoms with Gasteiger partial charge in [-0.15, -0.1) is 47.5 Å². The monoisotopic (exact) mass is 881 g/mol. The summed E-state index contributed by atoms with van der Waals surface area (Å²) in [6, 6.07) is 39.5. The summed E-state index contributed by atoms with van der Waals surface area (Å²) in [5.41, 5.74) is 10.3. The van der Waals surface area contributed by atoms with E-state index in [1.807, 2.05) is 88.5 Å². The minimum absolute atomic E-state index is 0. The number of aromatic nitrogens is 2. The molecule has 0 aliphatic carbocycles. The van der Waals surface area contributed by atoms with Gasteiger partial charge in [0.2, 0.25) is 0 Å². The molecule has 7 aromatic rings. The maximum Gasteiger partial charge on any atom is 0.124 e. The van der Waals surface area contributed by atoms with Crippen molar-refractivity contribution in [1.82, 2.24) is 9.97 Å². The van der Waals surface area contributed by atoms with Gasteiger partial charge in [0.1, 0.15) is 5.58 Å². The molecule has 0 N–H and O–H groups in total. The molecule has 0 fully saturated rings. The summed E-state index contributed by atoms with van der Waals surface area (Å²) in [6.45, 7) is 21.2. The van der Waals surface area contributed by atoms with E-state index in [0.29, 0.717) is 5.58 Å². The van der Waals surface area contributed by atoms with Crippen molar-refractivity contribution >= 4 is 35.2 Å². The molecule has 0 amide bonds. The fourth-order valence-corrected chi connectivity index (χ4v) is 7.27. The molecule has 3 heterocycles. The summed E-state index contributed by atoms with van der Waals surface area (Å²) in [7, 11) is -1.27. The van der Waals surface area contributed by atoms with Crippen LogP contribution in [0.3, 0.4) is 0 Å². The van der Waals surface area contributed by atoms with Crippen molar-refractivity contribution in [3.05, 3.63) is 138 Å². The van der Waals surface area contributed by atoms with Crippen molar-refractivity contribution in [3.63, 3.8) is 0 Å². The molecule has 3 aromatic heterocycles. The molecule has 0 atom stereocenters. The van der Waals surface area contributed by atoms with Crippen LogP contribution in [0.15, 0.2) is 114 Å². The van der Waals surface area contributed by atoms with Crippen LogP contribution in [0, 0.1) is 12.1 Å². The van der Waals surface area contributed by atoms with Crippen molar-refractivity contribution in [2.75, 3.05) is 0 Å². The Morgan fingerprint density at radius 3 is 2.15 bits per heavy atom. The number of nitrogens with zero attached hydrogens (tertiary/aromatic N) is 2. The van der Waals surface area contributed by atoms with Gasteiger partial charge in [0.25, 0.3) is 0 Å². The molecular formula is C47H50IrN2OSi-2. The predicted octanol–water partition coefficient (Wildman–Crippen LogP) is 12.8. The molecule has 0 unspecified atom stereocenters. The standard InChI is InChI=1S/C29H26NO.C18H24NSi.Ir/c1-18(2)21-15-16-30-26(17-21)24-14-13-23(20-9-6-5-7-10-20)27-25-12-8-11-22(19(3)4)28(25)31-29(24)27;1-18(2,3)15-9-7-8-14(12-15)17-11-10-16(13-19-17)20(4,5)6;/h5-13,15-19H,1-4H3;7,9-13H,1-6H3;/q2*-1;/i18D,19D;;. The van der Waals surface area contributed by atoms with E-state index in [-0.39, 0.29) is 25.5 Å². The summed E-state index contributed by atoms with van der Waals surface area (Å²) < 4.78 is 23.6. The molecule has 0 spiro atoms. The van der Waals surface area contributed by atoms with E-state index in [1.165, 1.54) is 10.8 Å². The summed E-state index contributed by atoms with van der Waals surface area (Å²) >= 11 is 0. The van der Waals surface area contributed by atoms with E-state index in [1.54, 1.807) is 6.20 Å². The number of pyridine rings is 2. The molecule has 0 bridgehead atoms. The first-order chi connectivity index (χ1) is 24.8. The second-order valence-electron chi connectivity index (χ2n) is 15.8. The maximum atomic E-state index is 8.66. The van der Waals surface area contributed by atoms with Gasteiger partial charge in [0, 0.05) is 40.6 Å². The molecule has 7 rings (SSSR count). The van der Waals surface area contributed by atoms with Gasteiger partial charge in [-0.1, -0.05) is 157 Å². The molecule has 0 aliphatic heterocycles. The van der Waals surface area contributed by atoms with E-state index >= 15 is 0 Å². The fourth-order valence-electron chi connectivity index (χ4n) is 6.23. The predicted molar refractivity (Wildman–Crippen MR) is 220 cm³/mol. The van der Waals surface area contributed by atoms with Crippen molar-refractivity contribution in [3.8, 4) is 33.6 Å². The molecule has 1 radical (unpaired) electrons. The minimum atomic E-state index is -1.27. The van der Waals surface area contributed by atoms with Crippen LogP contribution >= 0.6 is 0 Å². The molecular weight excluding hydrogens is 829 g/mol. The third-order valence-electron chi connectivity index (χ3n) is 9.36. The van der Waals surface area contributed by atoms with E-state index in [0.717, 1.165) is 61.1 Å². The molecule has 52 heavy (non-hydrogen) atoms. The summed E-state index contributed by atoms with van der Waals surface area (Å²) in [4.78, 5) is 9.25. The maximum absolute atomic E-state index is 8.66. The van der Waals surface area contributed by atoms with Crippen LogP contribution in [-0.2, 0) is 25.5 Å². The van der Waals surface area contributed by atoms with Crippen LogP contribution in [0.5, 0.6) is 0 Å². The summed E-state index contributed by atoms with van der Waals surface area (Å²) in [5.74, 6) is -1.55. The Balaban J connectivity index is 0.000000230. The average molecular weight is 881 g/mol. The second-order valence-corrected chi connectivity index (χ2v) is 20.9. The first-order valence-electron chi connectivity index (χ1n) is 18.7. The molecule has 4 aromatic carbocycles. The van der Waals surface area contributed by atoms with Gasteiger partial charge < -0.3 is 14.4 Å². The van der Waals surface area contributed by atoms with Crippen molar-refractivity contribution in [2.24, 2.45) is 0 Å². The topological polar surface area (TPSA) is 38.9 Å². The number of fused-ring (bicyclic) bond motifs is 3. The molecule has 3 nitrogen and oxygen atoms in total. The Labute approximate surface area is 328 Å².